The van der Waals surface area contributed by atoms with E-state index < -0.39 is 0 Å². The molecule has 0 fully saturated rings. The maximum atomic E-state index is 3.62. The summed E-state index contributed by atoms with van der Waals surface area (Å²) in [7, 11) is 0. The van der Waals surface area contributed by atoms with Crippen molar-refractivity contribution in [2.45, 2.75) is 19.4 Å². The topological polar surface area (TPSA) is 12.0 Å². The number of benzene rings is 3. The summed E-state index contributed by atoms with van der Waals surface area (Å²) in [5, 5.41) is 3.62. The maximum absolute atomic E-state index is 3.62. The summed E-state index contributed by atoms with van der Waals surface area (Å²) < 4.78 is 0. The fourth-order valence-corrected chi connectivity index (χ4v) is 2.70. The summed E-state index contributed by atoms with van der Waals surface area (Å²) in [6.07, 6.45) is 1.06. The van der Waals surface area contributed by atoms with Crippen LogP contribution >= 0.6 is 0 Å². The fourth-order valence-electron chi connectivity index (χ4n) is 2.70. The van der Waals surface area contributed by atoms with Gasteiger partial charge in [0.2, 0.25) is 0 Å². The Hall–Kier alpha value is -2.54. The van der Waals surface area contributed by atoms with E-state index in [9.17, 15) is 0 Å². The second kappa shape index (κ2) is 6.95. The molecule has 1 atom stereocenters. The minimum Gasteiger partial charge on any atom is -0.378 e. The van der Waals surface area contributed by atoms with E-state index in [0.29, 0.717) is 6.04 Å². The van der Waals surface area contributed by atoms with E-state index in [0.717, 1.165) is 12.1 Å². The first kappa shape index (κ1) is 14.4. The summed E-state index contributed by atoms with van der Waals surface area (Å²) in [6, 6.07) is 30.1. The highest BCUT2D eigenvalue weighted by molar-refractivity contribution is 5.66. The van der Waals surface area contributed by atoms with Gasteiger partial charge in [-0.25, -0.2) is 0 Å². The Morgan fingerprint density at radius 2 is 1.23 bits per heavy atom. The molecule has 0 bridgehead atoms. The molecule has 0 spiro atoms. The zero-order valence-electron chi connectivity index (χ0n) is 12.9. The number of rotatable bonds is 5. The molecule has 0 saturated carbocycles. The quantitative estimate of drug-likeness (QED) is 0.614. The minimum atomic E-state index is 0.351. The number of hydrogen-bond donors (Lipinski definition) is 1. The smallest absolute Gasteiger partial charge is 0.0511 e. The van der Waals surface area contributed by atoms with Gasteiger partial charge in [0.15, 0.2) is 0 Å². The van der Waals surface area contributed by atoms with Gasteiger partial charge in [-0.3, -0.25) is 0 Å². The van der Waals surface area contributed by atoms with E-state index >= 15 is 0 Å². The van der Waals surface area contributed by atoms with Gasteiger partial charge in [-0.1, -0.05) is 79.7 Å². The van der Waals surface area contributed by atoms with E-state index in [1.807, 2.05) is 6.07 Å². The highest BCUT2D eigenvalue weighted by atomic mass is 14.9. The lowest BCUT2D eigenvalue weighted by atomic mass is 10.0. The fraction of sp³-hybridized carbons (Fsp3) is 0.143. The maximum Gasteiger partial charge on any atom is 0.0511 e. The first-order chi connectivity index (χ1) is 10.9. The summed E-state index contributed by atoms with van der Waals surface area (Å²) in [5.74, 6) is 0. The monoisotopic (exact) mass is 287 g/mol. The number of anilines is 1. The summed E-state index contributed by atoms with van der Waals surface area (Å²) in [6.45, 7) is 2.21. The largest absolute Gasteiger partial charge is 0.378 e. The van der Waals surface area contributed by atoms with Gasteiger partial charge >= 0.3 is 0 Å². The molecule has 0 aliphatic carbocycles. The molecule has 0 aliphatic heterocycles. The molecule has 110 valence electrons. The average Bonchev–Trinajstić information content (AvgIpc) is 2.62. The molecule has 3 rings (SSSR count). The van der Waals surface area contributed by atoms with Crippen LogP contribution in [0.3, 0.4) is 0 Å². The van der Waals surface area contributed by atoms with Gasteiger partial charge in [0.05, 0.1) is 6.04 Å². The molecule has 0 amide bonds. The SMILES string of the molecule is CCC(Nc1ccc(-c2ccccc2)cc1)c1ccccc1. The Balaban J connectivity index is 1.76. The van der Waals surface area contributed by atoms with E-state index in [2.05, 4.69) is 91.1 Å². The molecule has 3 aromatic rings. The van der Waals surface area contributed by atoms with Crippen molar-refractivity contribution in [1.29, 1.82) is 0 Å². The van der Waals surface area contributed by atoms with Crippen molar-refractivity contribution in [3.63, 3.8) is 0 Å². The Bertz CT molecular complexity index is 687. The Morgan fingerprint density at radius 1 is 0.682 bits per heavy atom. The first-order valence-electron chi connectivity index (χ1n) is 7.84. The highest BCUT2D eigenvalue weighted by Crippen LogP contribution is 2.25. The van der Waals surface area contributed by atoms with Crippen LogP contribution in [-0.4, -0.2) is 0 Å². The minimum absolute atomic E-state index is 0.351. The molecular weight excluding hydrogens is 266 g/mol. The molecule has 1 unspecified atom stereocenters. The first-order valence-corrected chi connectivity index (χ1v) is 7.84. The van der Waals surface area contributed by atoms with Crippen molar-refractivity contribution < 1.29 is 0 Å². The third-order valence-electron chi connectivity index (χ3n) is 3.94. The standard InChI is InChI=1S/C21H21N/c1-2-21(19-11-7-4-8-12-19)22-20-15-13-18(14-16-20)17-9-5-3-6-10-17/h3-16,21-22H,2H2,1H3. The average molecular weight is 287 g/mol. The van der Waals surface area contributed by atoms with E-state index in [4.69, 9.17) is 0 Å². The molecule has 0 saturated heterocycles. The zero-order valence-corrected chi connectivity index (χ0v) is 12.9. The molecule has 0 aromatic heterocycles. The molecule has 0 aliphatic rings. The summed E-state index contributed by atoms with van der Waals surface area (Å²) >= 11 is 0. The van der Waals surface area contributed by atoms with Crippen molar-refractivity contribution in [3.05, 3.63) is 90.5 Å². The van der Waals surface area contributed by atoms with Gasteiger partial charge in [0, 0.05) is 5.69 Å². The summed E-state index contributed by atoms with van der Waals surface area (Å²) in [5.41, 5.74) is 5.00. The van der Waals surface area contributed by atoms with Crippen LogP contribution in [0.25, 0.3) is 11.1 Å². The van der Waals surface area contributed by atoms with Crippen LogP contribution in [0.1, 0.15) is 24.9 Å². The highest BCUT2D eigenvalue weighted by Gasteiger charge is 2.08. The molecule has 0 radical (unpaired) electrons. The Kier molecular flexibility index (Phi) is 4.55. The molecule has 1 heteroatoms. The van der Waals surface area contributed by atoms with Gasteiger partial charge in [0.1, 0.15) is 0 Å². The molecule has 0 heterocycles. The molecule has 22 heavy (non-hydrogen) atoms. The zero-order chi connectivity index (χ0) is 15.2. The van der Waals surface area contributed by atoms with Crippen molar-refractivity contribution in [2.75, 3.05) is 5.32 Å². The van der Waals surface area contributed by atoms with Crippen molar-refractivity contribution >= 4 is 5.69 Å². The lowest BCUT2D eigenvalue weighted by Gasteiger charge is -2.19. The van der Waals surface area contributed by atoms with Gasteiger partial charge < -0.3 is 5.32 Å². The van der Waals surface area contributed by atoms with Crippen LogP contribution in [0, 0.1) is 0 Å². The molecule has 3 aromatic carbocycles. The van der Waals surface area contributed by atoms with Gasteiger partial charge in [0.25, 0.3) is 0 Å². The molecular formula is C21H21N. The van der Waals surface area contributed by atoms with Crippen molar-refractivity contribution in [3.8, 4) is 11.1 Å². The Labute approximate surface area is 132 Å². The summed E-state index contributed by atoms with van der Waals surface area (Å²) in [4.78, 5) is 0. The predicted octanol–water partition coefficient (Wildman–Crippen LogP) is 5.92. The lowest BCUT2D eigenvalue weighted by Crippen LogP contribution is -2.09. The molecule has 1 nitrogen and oxygen atoms in total. The normalized spacial score (nSPS) is 11.9. The lowest BCUT2D eigenvalue weighted by molar-refractivity contribution is 0.749. The predicted molar refractivity (Wildman–Crippen MR) is 95.0 cm³/mol. The third kappa shape index (κ3) is 3.37. The third-order valence-corrected chi connectivity index (χ3v) is 3.94. The van der Waals surface area contributed by atoms with Crippen LogP contribution in [0.2, 0.25) is 0 Å². The molecule has 1 N–H and O–H groups in total. The second-order valence-corrected chi connectivity index (χ2v) is 5.46. The van der Waals surface area contributed by atoms with Crippen LogP contribution in [0.15, 0.2) is 84.9 Å². The van der Waals surface area contributed by atoms with Crippen LogP contribution in [0.4, 0.5) is 5.69 Å². The van der Waals surface area contributed by atoms with E-state index in [-0.39, 0.29) is 0 Å². The van der Waals surface area contributed by atoms with Crippen LogP contribution in [-0.2, 0) is 0 Å². The van der Waals surface area contributed by atoms with Gasteiger partial charge in [-0.15, -0.1) is 0 Å². The Morgan fingerprint density at radius 3 is 1.82 bits per heavy atom. The van der Waals surface area contributed by atoms with Gasteiger partial charge in [-0.2, -0.15) is 0 Å². The van der Waals surface area contributed by atoms with Crippen molar-refractivity contribution in [1.82, 2.24) is 0 Å². The van der Waals surface area contributed by atoms with Gasteiger partial charge in [-0.05, 0) is 35.2 Å². The van der Waals surface area contributed by atoms with E-state index in [1.54, 1.807) is 0 Å². The second-order valence-electron chi connectivity index (χ2n) is 5.46. The van der Waals surface area contributed by atoms with Crippen molar-refractivity contribution in [2.24, 2.45) is 0 Å². The van der Waals surface area contributed by atoms with E-state index in [1.165, 1.54) is 16.7 Å². The van der Waals surface area contributed by atoms with Crippen LogP contribution in [0.5, 0.6) is 0 Å². The number of hydrogen-bond acceptors (Lipinski definition) is 1. The van der Waals surface area contributed by atoms with Crippen LogP contribution < -0.4 is 5.32 Å². The number of nitrogens with one attached hydrogen (secondary N) is 1.